The van der Waals surface area contributed by atoms with Crippen molar-refractivity contribution in [3.8, 4) is 0 Å². The Labute approximate surface area is 178 Å². The van der Waals surface area contributed by atoms with Gasteiger partial charge in [0, 0.05) is 54.0 Å². The van der Waals surface area contributed by atoms with Crippen LogP contribution in [0.1, 0.15) is 35.1 Å². The van der Waals surface area contributed by atoms with E-state index in [0.717, 1.165) is 22.5 Å². The molecule has 1 aromatic rings. The highest BCUT2D eigenvalue weighted by Crippen LogP contribution is 2.49. The molecule has 0 bridgehead atoms. The van der Waals surface area contributed by atoms with Crippen molar-refractivity contribution in [3.05, 3.63) is 33.2 Å². The van der Waals surface area contributed by atoms with Crippen LogP contribution in [0.3, 0.4) is 0 Å². The van der Waals surface area contributed by atoms with Crippen molar-refractivity contribution in [1.82, 2.24) is 5.32 Å². The maximum Gasteiger partial charge on any atom is 0.425 e. The average Bonchev–Trinajstić information content (AvgIpc) is 3.07. The van der Waals surface area contributed by atoms with Gasteiger partial charge in [0.2, 0.25) is 0 Å². The highest BCUT2D eigenvalue weighted by molar-refractivity contribution is 7.90. The van der Waals surface area contributed by atoms with Crippen molar-refractivity contribution in [3.63, 3.8) is 0 Å². The monoisotopic (exact) mass is 465 g/mol. The van der Waals surface area contributed by atoms with Crippen molar-refractivity contribution in [1.29, 1.82) is 0 Å². The summed E-state index contributed by atoms with van der Waals surface area (Å²) in [4.78, 5) is 4.29. The van der Waals surface area contributed by atoms with E-state index in [1.54, 1.807) is 0 Å². The first-order valence-corrected chi connectivity index (χ1v) is 12.5. The first-order valence-electron chi connectivity index (χ1n) is 9.63. The van der Waals surface area contributed by atoms with E-state index in [0.29, 0.717) is 37.0 Å². The number of hydrogen-bond acceptors (Lipinski definition) is 7. The number of thiophene rings is 1. The molecule has 0 radical (unpaired) electrons. The Morgan fingerprint density at radius 1 is 1.47 bits per heavy atom. The van der Waals surface area contributed by atoms with Gasteiger partial charge in [0.25, 0.3) is 0 Å². The molecule has 0 aliphatic carbocycles. The molecular weight excluding hydrogens is 439 g/mol. The Morgan fingerprint density at radius 3 is 2.83 bits per heavy atom. The number of aliphatic imine (C=N–C) groups is 1. The predicted octanol–water partition coefficient (Wildman–Crippen LogP) is 2.63. The quantitative estimate of drug-likeness (QED) is 0.652. The molecule has 0 saturated carbocycles. The summed E-state index contributed by atoms with van der Waals surface area (Å²) in [5.74, 6) is -0.0681. The first-order chi connectivity index (χ1) is 13.9. The highest BCUT2D eigenvalue weighted by Gasteiger charge is 2.47. The molecule has 2 aliphatic heterocycles. The molecular formula is C19H26F3N3O3S2. The summed E-state index contributed by atoms with van der Waals surface area (Å²) in [7, 11) is -3.12. The molecule has 1 spiro atoms. The molecule has 1 aromatic heterocycles. The smallest absolute Gasteiger partial charge is 0.404 e. The summed E-state index contributed by atoms with van der Waals surface area (Å²) in [5, 5.41) is 3.41. The van der Waals surface area contributed by atoms with Crippen LogP contribution in [0.25, 0.3) is 0 Å². The minimum Gasteiger partial charge on any atom is -0.404 e. The van der Waals surface area contributed by atoms with Gasteiger partial charge in [0.05, 0.1) is 24.5 Å². The van der Waals surface area contributed by atoms with Gasteiger partial charge in [-0.25, -0.2) is 8.42 Å². The van der Waals surface area contributed by atoms with E-state index < -0.39 is 26.5 Å². The van der Waals surface area contributed by atoms with Crippen LogP contribution in [0.2, 0.25) is 0 Å². The average molecular weight is 466 g/mol. The van der Waals surface area contributed by atoms with Crippen molar-refractivity contribution in [2.45, 2.75) is 50.0 Å². The Balaban J connectivity index is 1.85. The zero-order chi connectivity index (χ0) is 22.2. The van der Waals surface area contributed by atoms with Crippen molar-refractivity contribution >= 4 is 27.4 Å². The number of alkyl halides is 3. The highest BCUT2D eigenvalue weighted by atomic mass is 32.2. The molecule has 30 heavy (non-hydrogen) atoms. The molecule has 3 atom stereocenters. The van der Waals surface area contributed by atoms with Gasteiger partial charge in [-0.1, -0.05) is 0 Å². The van der Waals surface area contributed by atoms with E-state index in [4.69, 9.17) is 10.5 Å². The Hall–Kier alpha value is -1.43. The van der Waals surface area contributed by atoms with Gasteiger partial charge in [0.15, 0.2) is 0 Å². The zero-order valence-corrected chi connectivity index (χ0v) is 18.5. The normalized spacial score (nSPS) is 28.2. The number of ether oxygens (including phenoxy) is 1. The molecule has 2 aliphatic rings. The third-order valence-corrected chi connectivity index (χ3v) is 7.53. The number of sulfone groups is 1. The Bertz CT molecular complexity index is 941. The van der Waals surface area contributed by atoms with Crippen LogP contribution >= 0.6 is 11.3 Å². The second-order valence-corrected chi connectivity index (χ2v) is 11.3. The lowest BCUT2D eigenvalue weighted by Crippen LogP contribution is -2.54. The van der Waals surface area contributed by atoms with E-state index in [2.05, 4.69) is 10.3 Å². The van der Waals surface area contributed by atoms with E-state index in [9.17, 15) is 21.6 Å². The van der Waals surface area contributed by atoms with Crippen molar-refractivity contribution in [2.24, 2.45) is 10.7 Å². The van der Waals surface area contributed by atoms with Crippen LogP contribution in [0.4, 0.5) is 13.2 Å². The number of piperidine rings is 1. The van der Waals surface area contributed by atoms with E-state index >= 15 is 0 Å². The first kappa shape index (κ1) is 23.2. The maximum atomic E-state index is 13.3. The number of nitrogens with zero attached hydrogens (tertiary/aromatic N) is 1. The molecule has 3 heterocycles. The van der Waals surface area contributed by atoms with E-state index in [-0.39, 0.29) is 24.4 Å². The summed E-state index contributed by atoms with van der Waals surface area (Å²) in [6.07, 6.45) is 1.13. The van der Waals surface area contributed by atoms with Crippen LogP contribution in [-0.4, -0.2) is 51.9 Å². The zero-order valence-electron chi connectivity index (χ0n) is 16.8. The number of hydrogen-bond donors (Lipinski definition) is 2. The van der Waals surface area contributed by atoms with Crippen LogP contribution in [0, 0.1) is 0 Å². The number of nitrogens with one attached hydrogen (secondary N) is 1. The third kappa shape index (κ3) is 5.24. The SMILES string of the molecule is CC1CC2(CC(C(C=NCCS(C)(=O)=O)=CN)N1)OCCc1sc(C(F)(F)F)cc12. The van der Waals surface area contributed by atoms with Crippen LogP contribution in [-0.2, 0) is 32.8 Å². The molecule has 168 valence electrons. The molecule has 6 nitrogen and oxygen atoms in total. The van der Waals surface area contributed by atoms with E-state index in [1.165, 1.54) is 18.5 Å². The summed E-state index contributed by atoms with van der Waals surface area (Å²) >= 11 is 0.798. The fraction of sp³-hybridized carbons (Fsp3) is 0.632. The number of rotatable bonds is 5. The second-order valence-electron chi connectivity index (χ2n) is 7.90. The van der Waals surface area contributed by atoms with Gasteiger partial charge in [-0.3, -0.25) is 4.99 Å². The molecule has 0 aromatic carbocycles. The minimum atomic E-state index is -4.38. The lowest BCUT2D eigenvalue weighted by atomic mass is 9.76. The van der Waals surface area contributed by atoms with Crippen LogP contribution in [0.15, 0.2) is 22.8 Å². The van der Waals surface area contributed by atoms with Gasteiger partial charge in [-0.05, 0) is 25.0 Å². The second kappa shape index (κ2) is 8.60. The maximum absolute atomic E-state index is 13.3. The predicted molar refractivity (Wildman–Crippen MR) is 112 cm³/mol. The van der Waals surface area contributed by atoms with Crippen LogP contribution < -0.4 is 11.1 Å². The van der Waals surface area contributed by atoms with Crippen molar-refractivity contribution < 1.29 is 26.3 Å². The van der Waals surface area contributed by atoms with Gasteiger partial charge < -0.3 is 15.8 Å². The Morgan fingerprint density at radius 2 is 2.20 bits per heavy atom. The lowest BCUT2D eigenvalue weighted by Gasteiger charge is -2.46. The molecule has 3 rings (SSSR count). The van der Waals surface area contributed by atoms with Gasteiger partial charge >= 0.3 is 6.18 Å². The van der Waals surface area contributed by atoms with Crippen molar-refractivity contribution in [2.75, 3.05) is 25.2 Å². The number of nitrogens with two attached hydrogens (primary N) is 1. The fourth-order valence-corrected chi connectivity index (χ4v) is 5.65. The standard InChI is InChI=1S/C19H26F3N3O3S2/c1-12-8-18(14-7-17(19(20,21)22)29-16(14)3-5-28-18)9-15(25-12)13(10-23)11-24-4-6-30(2,26)27/h7,10-12,15,25H,3-6,8-9,23H2,1-2H3. The minimum absolute atomic E-state index is 0.0247. The number of fused-ring (bicyclic) bond motifs is 2. The van der Waals surface area contributed by atoms with Crippen LogP contribution in [0.5, 0.6) is 0 Å². The summed E-state index contributed by atoms with van der Waals surface area (Å²) in [6.45, 7) is 2.44. The molecule has 3 N–H and O–H groups in total. The topological polar surface area (TPSA) is 93.8 Å². The number of halogens is 3. The van der Waals surface area contributed by atoms with Gasteiger partial charge in [-0.2, -0.15) is 13.2 Å². The largest absolute Gasteiger partial charge is 0.425 e. The Kier molecular flexibility index (Phi) is 6.66. The lowest BCUT2D eigenvalue weighted by molar-refractivity contribution is -0.134. The summed E-state index contributed by atoms with van der Waals surface area (Å²) < 4.78 is 68.5. The third-order valence-electron chi connectivity index (χ3n) is 5.37. The summed E-state index contributed by atoms with van der Waals surface area (Å²) in [5.41, 5.74) is 6.24. The van der Waals surface area contributed by atoms with Gasteiger partial charge in [0.1, 0.15) is 14.7 Å². The fourth-order valence-electron chi connectivity index (χ4n) is 4.12. The summed E-state index contributed by atoms with van der Waals surface area (Å²) in [6, 6.07) is 0.935. The molecule has 3 unspecified atom stereocenters. The van der Waals surface area contributed by atoms with E-state index in [1.807, 2.05) is 6.92 Å². The molecule has 11 heteroatoms. The van der Waals surface area contributed by atoms with Gasteiger partial charge in [-0.15, -0.1) is 11.3 Å². The molecule has 1 saturated heterocycles. The molecule has 1 fully saturated rings. The molecule has 0 amide bonds.